The van der Waals surface area contributed by atoms with Crippen LogP contribution in [-0.2, 0) is 17.9 Å². The molecule has 0 aliphatic carbocycles. The Morgan fingerprint density at radius 3 is 2.30 bits per heavy atom. The molecule has 0 spiro atoms. The number of anilines is 1. The van der Waals surface area contributed by atoms with Crippen molar-refractivity contribution in [2.24, 2.45) is 0 Å². The average Bonchev–Trinajstić information content (AvgIpc) is 3.18. The number of thioether (sulfide) groups is 1. The van der Waals surface area contributed by atoms with Crippen LogP contribution in [0, 0.1) is 0 Å². The van der Waals surface area contributed by atoms with Gasteiger partial charge in [0.15, 0.2) is 0 Å². The molecule has 2 amide bonds. The number of amides is 2. The summed E-state index contributed by atoms with van der Waals surface area (Å²) < 4.78 is 0. The fourth-order valence-corrected chi connectivity index (χ4v) is 4.75. The molecular formula is C23H28N4O2S. The highest BCUT2D eigenvalue weighted by molar-refractivity contribution is 8.13. The zero-order valence-electron chi connectivity index (χ0n) is 17.1. The number of benzene rings is 2. The van der Waals surface area contributed by atoms with E-state index in [1.165, 1.54) is 23.0 Å². The van der Waals surface area contributed by atoms with Crippen LogP contribution in [0.15, 0.2) is 54.6 Å². The number of piperazine rings is 1. The molecule has 0 unspecified atom stereocenters. The van der Waals surface area contributed by atoms with Gasteiger partial charge >= 0.3 is 0 Å². The Labute approximate surface area is 182 Å². The Morgan fingerprint density at radius 2 is 1.60 bits per heavy atom. The molecule has 30 heavy (non-hydrogen) atoms. The number of hydrogen-bond acceptors (Lipinski definition) is 5. The topological polar surface area (TPSA) is 55.9 Å². The van der Waals surface area contributed by atoms with Crippen LogP contribution in [-0.4, -0.2) is 66.0 Å². The van der Waals surface area contributed by atoms with Crippen molar-refractivity contribution in [2.75, 3.05) is 49.9 Å². The number of carbonyl (C=O) groups excluding carboxylic acids is 2. The highest BCUT2D eigenvalue weighted by Crippen LogP contribution is 2.19. The molecule has 2 fully saturated rings. The van der Waals surface area contributed by atoms with Crippen molar-refractivity contribution in [2.45, 2.75) is 13.1 Å². The van der Waals surface area contributed by atoms with E-state index in [2.05, 4.69) is 63.6 Å². The fourth-order valence-electron chi connectivity index (χ4n) is 3.92. The number of hydrogen-bond donors (Lipinski definition) is 1. The Kier molecular flexibility index (Phi) is 6.92. The summed E-state index contributed by atoms with van der Waals surface area (Å²) >= 11 is 1.28. The number of nitrogens with zero attached hydrogens (tertiary/aromatic N) is 3. The maximum Gasteiger partial charge on any atom is 0.282 e. The summed E-state index contributed by atoms with van der Waals surface area (Å²) in [6.45, 7) is 6.26. The van der Waals surface area contributed by atoms with Crippen LogP contribution in [0.25, 0.3) is 0 Å². The molecule has 7 heteroatoms. The van der Waals surface area contributed by atoms with Gasteiger partial charge in [0.05, 0.1) is 0 Å². The first kappa shape index (κ1) is 20.8. The standard InChI is InChI=1S/C23H28N4O2S/c28-22(18-27-14-15-30-23(27)29)24-16-19-6-4-5-7-20(19)17-25-10-12-26(13-11-25)21-8-2-1-3-9-21/h1-9H,10-18H2,(H,24,28). The monoisotopic (exact) mass is 424 g/mol. The Balaban J connectivity index is 1.28. The second-order valence-corrected chi connectivity index (χ2v) is 8.73. The number of nitrogens with one attached hydrogen (secondary N) is 1. The SMILES string of the molecule is O=C(CN1CCSC1=O)NCc1ccccc1CN1CCN(c2ccccc2)CC1. The van der Waals surface area contributed by atoms with E-state index in [0.717, 1.165) is 44.0 Å². The van der Waals surface area contributed by atoms with Crippen LogP contribution in [0.3, 0.4) is 0 Å². The number of carbonyl (C=O) groups is 2. The van der Waals surface area contributed by atoms with Gasteiger partial charge in [-0.25, -0.2) is 0 Å². The van der Waals surface area contributed by atoms with Crippen LogP contribution in [0.5, 0.6) is 0 Å². The van der Waals surface area contributed by atoms with E-state index in [1.807, 2.05) is 6.07 Å². The minimum atomic E-state index is -0.0999. The van der Waals surface area contributed by atoms with E-state index in [9.17, 15) is 9.59 Å². The van der Waals surface area contributed by atoms with Gasteiger partial charge in [0.25, 0.3) is 5.24 Å². The molecule has 2 heterocycles. The maximum absolute atomic E-state index is 12.3. The van der Waals surface area contributed by atoms with Crippen LogP contribution < -0.4 is 10.2 Å². The molecule has 2 aromatic carbocycles. The molecule has 6 nitrogen and oxygen atoms in total. The fraction of sp³-hybridized carbons (Fsp3) is 0.391. The molecule has 2 aliphatic rings. The molecule has 2 saturated heterocycles. The third-order valence-electron chi connectivity index (χ3n) is 5.66. The lowest BCUT2D eigenvalue weighted by Gasteiger charge is -2.36. The second-order valence-electron chi connectivity index (χ2n) is 7.68. The average molecular weight is 425 g/mol. The van der Waals surface area contributed by atoms with Gasteiger partial charge in [-0.1, -0.05) is 54.2 Å². The summed E-state index contributed by atoms with van der Waals surface area (Å²) in [7, 11) is 0. The Bertz CT molecular complexity index is 869. The van der Waals surface area contributed by atoms with Gasteiger partial charge in [0, 0.05) is 57.3 Å². The van der Waals surface area contributed by atoms with Crippen molar-refractivity contribution in [1.29, 1.82) is 0 Å². The van der Waals surface area contributed by atoms with E-state index < -0.39 is 0 Å². The van der Waals surface area contributed by atoms with Gasteiger partial charge in [0.1, 0.15) is 6.54 Å². The molecule has 0 saturated carbocycles. The van der Waals surface area contributed by atoms with E-state index >= 15 is 0 Å². The molecule has 158 valence electrons. The lowest BCUT2D eigenvalue weighted by atomic mass is 10.1. The van der Waals surface area contributed by atoms with Crippen molar-refractivity contribution in [3.63, 3.8) is 0 Å². The molecule has 2 aromatic rings. The normalized spacial score (nSPS) is 17.4. The summed E-state index contributed by atoms with van der Waals surface area (Å²) in [5.74, 6) is 0.670. The number of para-hydroxylation sites is 1. The second kappa shape index (κ2) is 10.00. The van der Waals surface area contributed by atoms with E-state index in [-0.39, 0.29) is 17.7 Å². The summed E-state index contributed by atoms with van der Waals surface area (Å²) in [5, 5.41) is 2.98. The van der Waals surface area contributed by atoms with E-state index in [1.54, 1.807) is 4.90 Å². The Hall–Kier alpha value is -2.51. The predicted molar refractivity (Wildman–Crippen MR) is 122 cm³/mol. The van der Waals surface area contributed by atoms with Crippen LogP contribution in [0.2, 0.25) is 0 Å². The van der Waals surface area contributed by atoms with Crippen LogP contribution in [0.1, 0.15) is 11.1 Å². The molecule has 0 atom stereocenters. The highest BCUT2D eigenvalue weighted by Gasteiger charge is 2.23. The molecular weight excluding hydrogens is 396 g/mol. The molecule has 0 aromatic heterocycles. The number of rotatable bonds is 7. The van der Waals surface area contributed by atoms with Gasteiger partial charge in [-0.3, -0.25) is 14.5 Å². The zero-order valence-corrected chi connectivity index (χ0v) is 17.9. The Morgan fingerprint density at radius 1 is 0.900 bits per heavy atom. The van der Waals surface area contributed by atoms with E-state index in [4.69, 9.17) is 0 Å². The molecule has 0 radical (unpaired) electrons. The summed E-state index contributed by atoms with van der Waals surface area (Å²) in [6, 6.07) is 18.9. The maximum atomic E-state index is 12.3. The largest absolute Gasteiger partial charge is 0.369 e. The zero-order chi connectivity index (χ0) is 20.8. The van der Waals surface area contributed by atoms with Gasteiger partial charge in [-0.05, 0) is 23.3 Å². The summed E-state index contributed by atoms with van der Waals surface area (Å²) in [6.07, 6.45) is 0. The highest BCUT2D eigenvalue weighted by atomic mass is 32.2. The molecule has 0 bridgehead atoms. The van der Waals surface area contributed by atoms with Gasteiger partial charge in [-0.15, -0.1) is 0 Å². The quantitative estimate of drug-likeness (QED) is 0.741. The molecule has 4 rings (SSSR count). The smallest absolute Gasteiger partial charge is 0.282 e. The van der Waals surface area contributed by atoms with E-state index in [0.29, 0.717) is 13.1 Å². The van der Waals surface area contributed by atoms with Crippen molar-refractivity contribution >= 4 is 28.6 Å². The predicted octanol–water partition coefficient (Wildman–Crippen LogP) is 2.79. The third kappa shape index (κ3) is 5.34. The van der Waals surface area contributed by atoms with Crippen LogP contribution in [0.4, 0.5) is 10.5 Å². The minimum Gasteiger partial charge on any atom is -0.369 e. The first-order chi connectivity index (χ1) is 14.7. The van der Waals surface area contributed by atoms with Gasteiger partial charge in [-0.2, -0.15) is 0 Å². The van der Waals surface area contributed by atoms with Gasteiger partial charge in [0.2, 0.25) is 5.91 Å². The third-order valence-corrected chi connectivity index (χ3v) is 6.55. The van der Waals surface area contributed by atoms with Crippen molar-refractivity contribution in [3.8, 4) is 0 Å². The first-order valence-corrected chi connectivity index (χ1v) is 11.4. The lowest BCUT2D eigenvalue weighted by Crippen LogP contribution is -2.46. The summed E-state index contributed by atoms with van der Waals surface area (Å²) in [4.78, 5) is 30.4. The van der Waals surface area contributed by atoms with Crippen LogP contribution >= 0.6 is 11.8 Å². The molecule has 1 N–H and O–H groups in total. The lowest BCUT2D eigenvalue weighted by molar-refractivity contribution is -0.121. The minimum absolute atomic E-state index is 0.000181. The van der Waals surface area contributed by atoms with Crippen molar-refractivity contribution in [1.82, 2.24) is 15.1 Å². The first-order valence-electron chi connectivity index (χ1n) is 10.5. The van der Waals surface area contributed by atoms with Gasteiger partial charge < -0.3 is 15.1 Å². The summed E-state index contributed by atoms with van der Waals surface area (Å²) in [5.41, 5.74) is 3.67. The van der Waals surface area contributed by atoms with Crippen molar-refractivity contribution in [3.05, 3.63) is 65.7 Å². The van der Waals surface area contributed by atoms with Crippen molar-refractivity contribution < 1.29 is 9.59 Å². The molecule has 2 aliphatic heterocycles.